The van der Waals surface area contributed by atoms with Gasteiger partial charge in [0.2, 0.25) is 5.91 Å². The van der Waals surface area contributed by atoms with Crippen LogP contribution in [0, 0.1) is 11.7 Å². The fourth-order valence-electron chi connectivity index (χ4n) is 3.04. The second-order valence-electron chi connectivity index (χ2n) is 6.29. The van der Waals surface area contributed by atoms with Gasteiger partial charge in [0.05, 0.1) is 12.8 Å². The molecule has 2 unspecified atom stereocenters. The quantitative estimate of drug-likeness (QED) is 0.654. The van der Waals surface area contributed by atoms with Gasteiger partial charge in [-0.3, -0.25) is 4.79 Å². The standard InChI is InChI=1S/C19H16FN3O3S/c1-26-18(25)15-6-10(8-21-15)16-9-27-19(22-16)23-17(24)13-7-12(13)11-4-2-3-5-14(11)20/h2-6,8-9,12-13,21H,7H2,1H3,(H,22,23,24). The Bertz CT molecular complexity index is 1010. The van der Waals surface area contributed by atoms with Gasteiger partial charge in [-0.1, -0.05) is 18.2 Å². The molecule has 1 amide bonds. The number of carbonyl (C=O) groups is 2. The molecule has 4 rings (SSSR count). The van der Waals surface area contributed by atoms with Crippen LogP contribution >= 0.6 is 11.3 Å². The Morgan fingerprint density at radius 2 is 2.19 bits per heavy atom. The molecule has 8 heteroatoms. The summed E-state index contributed by atoms with van der Waals surface area (Å²) in [5.41, 5.74) is 2.28. The van der Waals surface area contributed by atoms with Crippen LogP contribution in [0.4, 0.5) is 9.52 Å². The highest BCUT2D eigenvalue weighted by Gasteiger charge is 2.45. The third-order valence-corrected chi connectivity index (χ3v) is 5.31. The summed E-state index contributed by atoms with van der Waals surface area (Å²) in [4.78, 5) is 31.1. The van der Waals surface area contributed by atoms with E-state index >= 15 is 0 Å². The molecule has 0 aliphatic heterocycles. The fraction of sp³-hybridized carbons (Fsp3) is 0.211. The number of hydrogen-bond acceptors (Lipinski definition) is 5. The summed E-state index contributed by atoms with van der Waals surface area (Å²) in [6, 6.07) is 8.19. The molecular weight excluding hydrogens is 369 g/mol. The minimum atomic E-state index is -0.460. The Balaban J connectivity index is 1.41. The van der Waals surface area contributed by atoms with Crippen LogP contribution in [-0.2, 0) is 9.53 Å². The third-order valence-electron chi connectivity index (χ3n) is 4.55. The summed E-state index contributed by atoms with van der Waals surface area (Å²) in [7, 11) is 1.31. The van der Waals surface area contributed by atoms with Crippen molar-refractivity contribution < 1.29 is 18.7 Å². The Labute approximate surface area is 158 Å². The van der Waals surface area contributed by atoms with E-state index in [9.17, 15) is 14.0 Å². The minimum Gasteiger partial charge on any atom is -0.464 e. The van der Waals surface area contributed by atoms with E-state index in [1.807, 2.05) is 0 Å². The number of anilines is 1. The van der Waals surface area contributed by atoms with Crippen molar-refractivity contribution in [3.63, 3.8) is 0 Å². The van der Waals surface area contributed by atoms with Gasteiger partial charge in [-0.05, 0) is 30.0 Å². The average molecular weight is 385 g/mol. The molecule has 1 saturated carbocycles. The minimum absolute atomic E-state index is 0.0853. The first kappa shape index (κ1) is 17.4. The number of carbonyl (C=O) groups excluding carboxylic acids is 2. The summed E-state index contributed by atoms with van der Waals surface area (Å²) in [5.74, 6) is -1.22. The molecule has 0 radical (unpaired) electrons. The lowest BCUT2D eigenvalue weighted by Gasteiger charge is -2.02. The van der Waals surface area contributed by atoms with Gasteiger partial charge in [0.1, 0.15) is 11.5 Å². The molecule has 6 nitrogen and oxygen atoms in total. The first-order valence-electron chi connectivity index (χ1n) is 8.34. The fourth-order valence-corrected chi connectivity index (χ4v) is 3.76. The first-order valence-corrected chi connectivity index (χ1v) is 9.22. The Kier molecular flexibility index (Phi) is 4.49. The van der Waals surface area contributed by atoms with Gasteiger partial charge >= 0.3 is 5.97 Å². The highest BCUT2D eigenvalue weighted by molar-refractivity contribution is 7.14. The molecule has 0 bridgehead atoms. The topological polar surface area (TPSA) is 84.1 Å². The van der Waals surface area contributed by atoms with Gasteiger partial charge in [-0.2, -0.15) is 0 Å². The molecule has 2 atom stereocenters. The summed E-state index contributed by atoms with van der Waals surface area (Å²) < 4.78 is 18.5. The Hall–Kier alpha value is -3.00. The maximum atomic E-state index is 13.8. The van der Waals surface area contributed by atoms with Crippen molar-refractivity contribution in [2.45, 2.75) is 12.3 Å². The monoisotopic (exact) mass is 385 g/mol. The van der Waals surface area contributed by atoms with E-state index in [-0.39, 0.29) is 23.6 Å². The van der Waals surface area contributed by atoms with Crippen LogP contribution in [0.2, 0.25) is 0 Å². The zero-order chi connectivity index (χ0) is 19.0. The first-order chi connectivity index (χ1) is 13.1. The number of amides is 1. The number of methoxy groups -OCH3 is 1. The van der Waals surface area contributed by atoms with E-state index in [1.165, 1.54) is 24.5 Å². The predicted molar refractivity (Wildman–Crippen MR) is 99.1 cm³/mol. The lowest BCUT2D eigenvalue weighted by atomic mass is 10.1. The van der Waals surface area contributed by atoms with E-state index in [1.54, 1.807) is 35.8 Å². The molecule has 27 heavy (non-hydrogen) atoms. The second kappa shape index (κ2) is 6.96. The molecule has 1 aromatic carbocycles. The lowest BCUT2D eigenvalue weighted by molar-refractivity contribution is -0.117. The maximum absolute atomic E-state index is 13.8. The van der Waals surface area contributed by atoms with E-state index in [4.69, 9.17) is 0 Å². The molecule has 0 spiro atoms. The van der Waals surface area contributed by atoms with Gasteiger partial charge in [0.25, 0.3) is 0 Å². The lowest BCUT2D eigenvalue weighted by Crippen LogP contribution is -2.14. The largest absolute Gasteiger partial charge is 0.464 e. The van der Waals surface area contributed by atoms with E-state index < -0.39 is 5.97 Å². The van der Waals surface area contributed by atoms with Crippen molar-refractivity contribution >= 4 is 28.3 Å². The molecule has 1 fully saturated rings. The van der Waals surface area contributed by atoms with Crippen LogP contribution in [0.15, 0.2) is 41.9 Å². The second-order valence-corrected chi connectivity index (χ2v) is 7.15. The van der Waals surface area contributed by atoms with E-state index in [0.717, 1.165) is 5.56 Å². The number of esters is 1. The van der Waals surface area contributed by atoms with Gasteiger partial charge in [-0.25, -0.2) is 14.2 Å². The summed E-state index contributed by atoms with van der Waals surface area (Å²) >= 11 is 1.29. The number of halogens is 1. The number of nitrogens with zero attached hydrogens (tertiary/aromatic N) is 1. The SMILES string of the molecule is COC(=O)c1cc(-c2csc(NC(=O)C3CC3c3ccccc3F)n2)c[nH]1. The molecule has 0 saturated heterocycles. The normalized spacial score (nSPS) is 18.1. The van der Waals surface area contributed by atoms with Crippen molar-refractivity contribution in [3.05, 3.63) is 59.0 Å². The number of hydrogen-bond donors (Lipinski definition) is 2. The third kappa shape index (κ3) is 3.48. The molecule has 3 aromatic rings. The predicted octanol–water partition coefficient (Wildman–Crippen LogP) is 3.81. The number of aromatic amines is 1. The number of benzene rings is 1. The molecular formula is C19H16FN3O3S. The van der Waals surface area contributed by atoms with Gasteiger partial charge < -0.3 is 15.0 Å². The average Bonchev–Trinajstić information content (AvgIpc) is 3.08. The van der Waals surface area contributed by atoms with E-state index in [2.05, 4.69) is 20.0 Å². The Morgan fingerprint density at radius 3 is 2.96 bits per heavy atom. The molecule has 2 heterocycles. The Morgan fingerprint density at radius 1 is 1.37 bits per heavy atom. The van der Waals surface area contributed by atoms with Crippen molar-refractivity contribution in [2.24, 2.45) is 5.92 Å². The molecule has 2 aromatic heterocycles. The number of ether oxygens (including phenoxy) is 1. The van der Waals surface area contributed by atoms with Gasteiger partial charge in [-0.15, -0.1) is 11.3 Å². The van der Waals surface area contributed by atoms with Crippen molar-refractivity contribution in [3.8, 4) is 11.3 Å². The summed E-state index contributed by atoms with van der Waals surface area (Å²) in [6.07, 6.45) is 2.29. The van der Waals surface area contributed by atoms with Crippen molar-refractivity contribution in [1.29, 1.82) is 0 Å². The number of rotatable bonds is 5. The number of thiazole rings is 1. The van der Waals surface area contributed by atoms with Crippen LogP contribution in [0.5, 0.6) is 0 Å². The molecule has 1 aliphatic carbocycles. The van der Waals surface area contributed by atoms with Crippen LogP contribution in [0.3, 0.4) is 0 Å². The maximum Gasteiger partial charge on any atom is 0.354 e. The van der Waals surface area contributed by atoms with Crippen LogP contribution < -0.4 is 5.32 Å². The molecule has 1 aliphatic rings. The highest BCUT2D eigenvalue weighted by Crippen LogP contribution is 2.48. The molecule has 2 N–H and O–H groups in total. The number of aromatic nitrogens is 2. The highest BCUT2D eigenvalue weighted by atomic mass is 32.1. The number of nitrogens with one attached hydrogen (secondary N) is 2. The number of H-pyrrole nitrogens is 1. The van der Waals surface area contributed by atoms with Crippen molar-refractivity contribution in [2.75, 3.05) is 12.4 Å². The van der Waals surface area contributed by atoms with Gasteiger partial charge in [0.15, 0.2) is 5.13 Å². The zero-order valence-corrected chi connectivity index (χ0v) is 15.2. The summed E-state index contributed by atoms with van der Waals surface area (Å²) in [5, 5.41) is 5.06. The van der Waals surface area contributed by atoms with Crippen LogP contribution in [0.25, 0.3) is 11.3 Å². The van der Waals surface area contributed by atoms with Crippen LogP contribution in [0.1, 0.15) is 28.4 Å². The van der Waals surface area contributed by atoms with Crippen molar-refractivity contribution in [1.82, 2.24) is 9.97 Å². The van der Waals surface area contributed by atoms with E-state index in [0.29, 0.717) is 28.5 Å². The van der Waals surface area contributed by atoms with Crippen LogP contribution in [-0.4, -0.2) is 29.0 Å². The van der Waals surface area contributed by atoms with Gasteiger partial charge in [0, 0.05) is 23.1 Å². The zero-order valence-electron chi connectivity index (χ0n) is 14.4. The smallest absolute Gasteiger partial charge is 0.354 e. The summed E-state index contributed by atoms with van der Waals surface area (Å²) in [6.45, 7) is 0. The molecule has 138 valence electrons.